The Labute approximate surface area is 181 Å². The molecule has 3 aromatic rings. The second kappa shape index (κ2) is 9.89. The van der Waals surface area contributed by atoms with Crippen molar-refractivity contribution in [1.82, 2.24) is 14.8 Å². The number of nitrogens with two attached hydrogens (primary N) is 1. The number of nitrogens with one attached hydrogen (secondary N) is 1. The third kappa shape index (κ3) is 5.69. The first-order valence-corrected chi connectivity index (χ1v) is 10.2. The van der Waals surface area contributed by atoms with E-state index in [2.05, 4.69) is 15.5 Å². The van der Waals surface area contributed by atoms with Gasteiger partial charge < -0.3 is 15.5 Å². The minimum atomic E-state index is -0.496. The van der Waals surface area contributed by atoms with Gasteiger partial charge in [-0.15, -0.1) is 10.2 Å². The number of benzene rings is 1. The molecule has 0 radical (unpaired) electrons. The number of furan rings is 1. The number of aryl methyl sites for hydroxylation is 1. The molecule has 0 saturated carbocycles. The van der Waals surface area contributed by atoms with Crippen molar-refractivity contribution in [2.75, 3.05) is 11.1 Å². The molecule has 2 heterocycles. The van der Waals surface area contributed by atoms with Gasteiger partial charge in [-0.3, -0.25) is 24.3 Å². The predicted octanol–water partition coefficient (Wildman–Crippen LogP) is 2.28. The van der Waals surface area contributed by atoms with Gasteiger partial charge in [0.2, 0.25) is 11.8 Å². The molecule has 0 saturated heterocycles. The van der Waals surface area contributed by atoms with Crippen LogP contribution in [0.3, 0.4) is 0 Å². The summed E-state index contributed by atoms with van der Waals surface area (Å²) in [5.41, 5.74) is 5.91. The molecule has 12 heteroatoms. The standard InChI is InChI=1S/C19H20N6O5S/c1-12-14(5-2-6-15(12)25(28)29)21-18(27)11-31-19-23-22-17(8-7-16(20)26)24(19)10-13-4-3-9-30-13/h2-6,9H,7-8,10-11H2,1H3,(H2,20,26)(H,21,27). The summed E-state index contributed by atoms with van der Waals surface area (Å²) in [5, 5.41) is 22.5. The number of primary amides is 1. The van der Waals surface area contributed by atoms with Crippen LogP contribution in [0.5, 0.6) is 0 Å². The van der Waals surface area contributed by atoms with Crippen molar-refractivity contribution in [1.29, 1.82) is 0 Å². The minimum Gasteiger partial charge on any atom is -0.467 e. The number of amides is 2. The molecular weight excluding hydrogens is 424 g/mol. The normalized spacial score (nSPS) is 10.7. The SMILES string of the molecule is Cc1c(NC(=O)CSc2nnc(CCC(N)=O)n2Cc2ccco2)cccc1[N+](=O)[O-]. The van der Waals surface area contributed by atoms with Gasteiger partial charge in [-0.25, -0.2) is 0 Å². The monoisotopic (exact) mass is 444 g/mol. The Balaban J connectivity index is 1.70. The quantitative estimate of drug-likeness (QED) is 0.274. The number of thioether (sulfide) groups is 1. The van der Waals surface area contributed by atoms with E-state index in [9.17, 15) is 19.7 Å². The van der Waals surface area contributed by atoms with Gasteiger partial charge in [0.05, 0.1) is 34.7 Å². The highest BCUT2D eigenvalue weighted by atomic mass is 32.2. The number of hydrogen-bond acceptors (Lipinski definition) is 8. The van der Waals surface area contributed by atoms with Crippen LogP contribution in [0.25, 0.3) is 0 Å². The van der Waals surface area contributed by atoms with Crippen molar-refractivity contribution in [3.8, 4) is 0 Å². The number of nitro groups is 1. The number of nitrogens with zero attached hydrogens (tertiary/aromatic N) is 4. The lowest BCUT2D eigenvalue weighted by atomic mass is 10.1. The van der Waals surface area contributed by atoms with E-state index >= 15 is 0 Å². The number of nitro benzene ring substituents is 1. The maximum Gasteiger partial charge on any atom is 0.274 e. The van der Waals surface area contributed by atoms with Crippen LogP contribution in [-0.4, -0.2) is 37.3 Å². The van der Waals surface area contributed by atoms with E-state index in [1.165, 1.54) is 12.1 Å². The molecule has 31 heavy (non-hydrogen) atoms. The van der Waals surface area contributed by atoms with Gasteiger partial charge in [0, 0.05) is 18.9 Å². The molecule has 0 atom stereocenters. The maximum absolute atomic E-state index is 12.4. The zero-order chi connectivity index (χ0) is 22.4. The first-order chi connectivity index (χ1) is 14.8. The Morgan fingerprint density at radius 3 is 2.77 bits per heavy atom. The fourth-order valence-electron chi connectivity index (χ4n) is 2.84. The Hall–Kier alpha value is -3.67. The number of rotatable bonds is 10. The summed E-state index contributed by atoms with van der Waals surface area (Å²) in [7, 11) is 0. The van der Waals surface area contributed by atoms with Crippen molar-refractivity contribution in [2.24, 2.45) is 5.73 Å². The topological polar surface area (TPSA) is 159 Å². The van der Waals surface area contributed by atoms with E-state index in [-0.39, 0.29) is 23.8 Å². The number of hydrogen-bond donors (Lipinski definition) is 2. The number of anilines is 1. The van der Waals surface area contributed by atoms with Crippen LogP contribution < -0.4 is 11.1 Å². The summed E-state index contributed by atoms with van der Waals surface area (Å²) in [6, 6.07) is 8.05. The number of carbonyl (C=O) groups excluding carboxylic acids is 2. The van der Waals surface area contributed by atoms with Crippen molar-refractivity contribution in [3.63, 3.8) is 0 Å². The third-order valence-corrected chi connectivity index (χ3v) is 5.36. The first kappa shape index (κ1) is 22.0. The molecule has 0 unspecified atom stereocenters. The van der Waals surface area contributed by atoms with Gasteiger partial charge in [-0.05, 0) is 25.1 Å². The lowest BCUT2D eigenvalue weighted by molar-refractivity contribution is -0.385. The lowest BCUT2D eigenvalue weighted by Crippen LogP contribution is -2.16. The molecule has 3 rings (SSSR count). The molecule has 0 fully saturated rings. The largest absolute Gasteiger partial charge is 0.467 e. The van der Waals surface area contributed by atoms with E-state index in [4.69, 9.17) is 10.2 Å². The Bertz CT molecular complexity index is 1100. The molecular formula is C19H20N6O5S. The Morgan fingerprint density at radius 1 is 1.29 bits per heavy atom. The summed E-state index contributed by atoms with van der Waals surface area (Å²) < 4.78 is 7.14. The summed E-state index contributed by atoms with van der Waals surface area (Å²) in [6.07, 6.45) is 1.97. The van der Waals surface area contributed by atoms with Gasteiger partial charge >= 0.3 is 0 Å². The van der Waals surface area contributed by atoms with Crippen LogP contribution in [0.1, 0.15) is 23.6 Å². The highest BCUT2D eigenvalue weighted by molar-refractivity contribution is 7.99. The summed E-state index contributed by atoms with van der Waals surface area (Å²) in [5.74, 6) is 0.424. The van der Waals surface area contributed by atoms with Crippen LogP contribution >= 0.6 is 11.8 Å². The molecule has 0 aliphatic carbocycles. The second-order valence-corrected chi connectivity index (χ2v) is 7.52. The molecule has 1 aromatic carbocycles. The van der Waals surface area contributed by atoms with Gasteiger partial charge in [0.15, 0.2) is 5.16 Å². The van der Waals surface area contributed by atoms with Crippen molar-refractivity contribution >= 4 is 35.0 Å². The molecule has 11 nitrogen and oxygen atoms in total. The van der Waals surface area contributed by atoms with Crippen LogP contribution in [0, 0.1) is 17.0 Å². The van der Waals surface area contributed by atoms with E-state index in [1.807, 2.05) is 0 Å². The summed E-state index contributed by atoms with van der Waals surface area (Å²) in [4.78, 5) is 34.1. The van der Waals surface area contributed by atoms with Gasteiger partial charge in [0.25, 0.3) is 5.69 Å². The molecule has 0 bridgehead atoms. The number of carbonyl (C=O) groups is 2. The van der Waals surface area contributed by atoms with Gasteiger partial charge in [0.1, 0.15) is 11.6 Å². The Morgan fingerprint density at radius 2 is 2.10 bits per heavy atom. The molecule has 0 spiro atoms. The van der Waals surface area contributed by atoms with Crippen LogP contribution in [0.2, 0.25) is 0 Å². The van der Waals surface area contributed by atoms with Gasteiger partial charge in [-0.1, -0.05) is 17.8 Å². The van der Waals surface area contributed by atoms with Crippen LogP contribution in [-0.2, 0) is 22.6 Å². The second-order valence-electron chi connectivity index (χ2n) is 6.57. The van der Waals surface area contributed by atoms with Gasteiger partial charge in [-0.2, -0.15) is 0 Å². The van der Waals surface area contributed by atoms with E-state index < -0.39 is 10.8 Å². The fraction of sp³-hybridized carbons (Fsp3) is 0.263. The smallest absolute Gasteiger partial charge is 0.274 e. The zero-order valence-corrected chi connectivity index (χ0v) is 17.4. The number of aromatic nitrogens is 3. The molecule has 2 aromatic heterocycles. The molecule has 0 aliphatic heterocycles. The van der Waals surface area contributed by atoms with E-state index in [0.29, 0.717) is 41.0 Å². The summed E-state index contributed by atoms with van der Waals surface area (Å²) >= 11 is 1.15. The lowest BCUT2D eigenvalue weighted by Gasteiger charge is -2.10. The molecule has 0 aliphatic rings. The average Bonchev–Trinajstić information content (AvgIpc) is 3.36. The summed E-state index contributed by atoms with van der Waals surface area (Å²) in [6.45, 7) is 1.91. The van der Waals surface area contributed by atoms with Crippen LogP contribution in [0.15, 0.2) is 46.2 Å². The van der Waals surface area contributed by atoms with Crippen molar-refractivity contribution in [3.05, 3.63) is 63.9 Å². The first-order valence-electron chi connectivity index (χ1n) is 9.24. The van der Waals surface area contributed by atoms with E-state index in [0.717, 1.165) is 11.8 Å². The van der Waals surface area contributed by atoms with Crippen LogP contribution in [0.4, 0.5) is 11.4 Å². The molecule has 2 amide bonds. The minimum absolute atomic E-state index is 0.00817. The average molecular weight is 444 g/mol. The highest BCUT2D eigenvalue weighted by Gasteiger charge is 2.18. The van der Waals surface area contributed by atoms with Crippen molar-refractivity contribution in [2.45, 2.75) is 31.5 Å². The molecule has 3 N–H and O–H groups in total. The predicted molar refractivity (Wildman–Crippen MR) is 113 cm³/mol. The zero-order valence-electron chi connectivity index (χ0n) is 16.6. The Kier molecular flexibility index (Phi) is 7.03. The molecule has 162 valence electrons. The third-order valence-electron chi connectivity index (χ3n) is 4.39. The maximum atomic E-state index is 12.4. The van der Waals surface area contributed by atoms with Crippen molar-refractivity contribution < 1.29 is 18.9 Å². The fourth-order valence-corrected chi connectivity index (χ4v) is 3.59. The van der Waals surface area contributed by atoms with E-state index in [1.54, 1.807) is 36.0 Å². The highest BCUT2D eigenvalue weighted by Crippen LogP contribution is 2.26.